The van der Waals surface area contributed by atoms with Crippen LogP contribution in [0.4, 0.5) is 4.79 Å². The maximum absolute atomic E-state index is 11.9. The molecule has 0 aliphatic rings. The minimum atomic E-state index is -0.984. The van der Waals surface area contributed by atoms with Gasteiger partial charge in [-0.3, -0.25) is 0 Å². The number of H-pyrrole nitrogens is 1. The first kappa shape index (κ1) is 20.5. The zero-order valence-corrected chi connectivity index (χ0v) is 17.5. The van der Waals surface area contributed by atoms with Gasteiger partial charge in [-0.05, 0) is 69.2 Å². The average Bonchev–Trinajstić information content (AvgIpc) is 3.30. The molecule has 8 nitrogen and oxygen atoms in total. The highest BCUT2D eigenvalue weighted by molar-refractivity contribution is 6.05. The van der Waals surface area contributed by atoms with E-state index in [2.05, 4.69) is 15.3 Å². The standard InChI is InChI=1S/C23H23N3O5/c1-23(2,3)31-22(29)24-11-10-15-12-25-16-8-9-17-19(18(15)16)26-20(30-17)13-4-6-14(7-5-13)21(27)28/h4-9,12,25H,10-11H2,1-3H3,(H,24,29)(H,27,28). The molecule has 0 saturated carbocycles. The second-order valence-corrected chi connectivity index (χ2v) is 8.23. The molecule has 0 saturated heterocycles. The van der Waals surface area contributed by atoms with E-state index in [1.54, 1.807) is 12.1 Å². The molecule has 0 fully saturated rings. The first-order chi connectivity index (χ1) is 14.7. The number of carboxylic acid groups (broad SMARTS) is 1. The van der Waals surface area contributed by atoms with Gasteiger partial charge in [-0.25, -0.2) is 14.6 Å². The molecule has 4 aromatic rings. The van der Waals surface area contributed by atoms with Crippen molar-refractivity contribution in [3.05, 3.63) is 53.7 Å². The number of amides is 1. The Hall–Kier alpha value is -3.81. The van der Waals surface area contributed by atoms with Crippen molar-refractivity contribution in [2.24, 2.45) is 0 Å². The van der Waals surface area contributed by atoms with Crippen LogP contribution in [-0.4, -0.2) is 39.3 Å². The van der Waals surface area contributed by atoms with Gasteiger partial charge in [0, 0.05) is 29.2 Å². The molecule has 0 radical (unpaired) electrons. The Morgan fingerprint density at radius 2 is 1.90 bits per heavy atom. The van der Waals surface area contributed by atoms with Crippen LogP contribution in [0.3, 0.4) is 0 Å². The second-order valence-electron chi connectivity index (χ2n) is 8.23. The summed E-state index contributed by atoms with van der Waals surface area (Å²) in [5.74, 6) is -0.568. The molecule has 0 bridgehead atoms. The Bertz CT molecular complexity index is 1260. The summed E-state index contributed by atoms with van der Waals surface area (Å²) in [6.07, 6.45) is 2.04. The monoisotopic (exact) mass is 421 g/mol. The topological polar surface area (TPSA) is 117 Å². The Morgan fingerprint density at radius 3 is 2.58 bits per heavy atom. The first-order valence-electron chi connectivity index (χ1n) is 9.91. The molecule has 0 aliphatic heterocycles. The number of benzene rings is 2. The fourth-order valence-electron chi connectivity index (χ4n) is 3.37. The molecule has 3 N–H and O–H groups in total. The number of nitrogens with one attached hydrogen (secondary N) is 2. The number of carbonyl (C=O) groups excluding carboxylic acids is 1. The van der Waals surface area contributed by atoms with Gasteiger partial charge < -0.3 is 24.6 Å². The zero-order valence-electron chi connectivity index (χ0n) is 17.5. The lowest BCUT2D eigenvalue weighted by molar-refractivity contribution is 0.0528. The number of carbonyl (C=O) groups is 2. The van der Waals surface area contributed by atoms with Gasteiger partial charge in [-0.15, -0.1) is 0 Å². The van der Waals surface area contributed by atoms with Crippen LogP contribution in [0.1, 0.15) is 36.7 Å². The van der Waals surface area contributed by atoms with Crippen LogP contribution in [0.15, 0.2) is 47.0 Å². The van der Waals surface area contributed by atoms with E-state index in [1.165, 1.54) is 12.1 Å². The molecule has 8 heteroatoms. The fourth-order valence-corrected chi connectivity index (χ4v) is 3.37. The number of oxazole rings is 1. The van der Waals surface area contributed by atoms with Crippen LogP contribution in [0, 0.1) is 0 Å². The summed E-state index contributed by atoms with van der Waals surface area (Å²) in [7, 11) is 0. The van der Waals surface area contributed by atoms with Crippen LogP contribution >= 0.6 is 0 Å². The Kier molecular flexibility index (Phi) is 5.14. The molecule has 1 amide bonds. The number of ether oxygens (including phenoxy) is 1. The van der Waals surface area contributed by atoms with Crippen molar-refractivity contribution in [3.63, 3.8) is 0 Å². The Balaban J connectivity index is 1.59. The molecule has 160 valence electrons. The SMILES string of the molecule is CC(C)(C)OC(=O)NCCc1c[nH]c2ccc3oc(-c4ccc(C(=O)O)cc4)nc3c12. The highest BCUT2D eigenvalue weighted by Gasteiger charge is 2.17. The number of aromatic nitrogens is 2. The Morgan fingerprint density at radius 1 is 1.16 bits per heavy atom. The molecule has 0 spiro atoms. The number of aromatic carboxylic acids is 1. The summed E-state index contributed by atoms with van der Waals surface area (Å²) < 4.78 is 11.2. The third-order valence-corrected chi connectivity index (χ3v) is 4.73. The van der Waals surface area contributed by atoms with Crippen LogP contribution in [0.5, 0.6) is 0 Å². The number of carboxylic acids is 1. The fraction of sp³-hybridized carbons (Fsp3) is 0.261. The molecule has 0 atom stereocenters. The van der Waals surface area contributed by atoms with E-state index in [9.17, 15) is 9.59 Å². The van der Waals surface area contributed by atoms with Gasteiger partial charge in [0.25, 0.3) is 0 Å². The van der Waals surface area contributed by atoms with E-state index >= 15 is 0 Å². The van der Waals surface area contributed by atoms with E-state index in [1.807, 2.05) is 39.1 Å². The lowest BCUT2D eigenvalue weighted by Crippen LogP contribution is -2.33. The summed E-state index contributed by atoms with van der Waals surface area (Å²) in [6.45, 7) is 5.88. The van der Waals surface area contributed by atoms with E-state index in [-0.39, 0.29) is 5.56 Å². The molecule has 4 rings (SSSR count). The summed E-state index contributed by atoms with van der Waals surface area (Å²) in [5, 5.41) is 12.8. The van der Waals surface area contributed by atoms with Crippen LogP contribution in [0.25, 0.3) is 33.5 Å². The van der Waals surface area contributed by atoms with E-state index in [4.69, 9.17) is 14.3 Å². The number of fused-ring (bicyclic) bond motifs is 3. The van der Waals surface area contributed by atoms with E-state index < -0.39 is 17.7 Å². The number of hydrogen-bond donors (Lipinski definition) is 3. The number of aromatic amines is 1. The number of nitrogens with zero attached hydrogens (tertiary/aromatic N) is 1. The molecule has 2 aromatic heterocycles. The largest absolute Gasteiger partial charge is 0.478 e. The van der Waals surface area contributed by atoms with Gasteiger partial charge in [0.15, 0.2) is 5.58 Å². The van der Waals surface area contributed by atoms with Gasteiger partial charge in [0.05, 0.1) is 5.56 Å². The third kappa shape index (κ3) is 4.37. The van der Waals surface area contributed by atoms with Crippen molar-refractivity contribution in [2.75, 3.05) is 6.54 Å². The molecule has 31 heavy (non-hydrogen) atoms. The van der Waals surface area contributed by atoms with Crippen molar-refractivity contribution < 1.29 is 23.8 Å². The minimum Gasteiger partial charge on any atom is -0.478 e. The summed E-state index contributed by atoms with van der Waals surface area (Å²) in [4.78, 5) is 30.8. The maximum Gasteiger partial charge on any atom is 0.407 e. The highest BCUT2D eigenvalue weighted by Crippen LogP contribution is 2.31. The van der Waals surface area contributed by atoms with Gasteiger partial charge in [-0.1, -0.05) is 0 Å². The lowest BCUT2D eigenvalue weighted by atomic mass is 10.1. The van der Waals surface area contributed by atoms with Gasteiger partial charge in [-0.2, -0.15) is 0 Å². The molecule has 0 aliphatic carbocycles. The minimum absolute atomic E-state index is 0.202. The zero-order chi connectivity index (χ0) is 22.2. The van der Waals surface area contributed by atoms with Crippen LogP contribution < -0.4 is 5.32 Å². The van der Waals surface area contributed by atoms with Crippen molar-refractivity contribution in [1.82, 2.24) is 15.3 Å². The number of rotatable bonds is 5. The highest BCUT2D eigenvalue weighted by atomic mass is 16.6. The van der Waals surface area contributed by atoms with Crippen molar-refractivity contribution >= 4 is 34.1 Å². The molecule has 0 unspecified atom stereocenters. The number of hydrogen-bond acceptors (Lipinski definition) is 5. The van der Waals surface area contributed by atoms with E-state index in [0.717, 1.165) is 16.5 Å². The first-order valence-corrected chi connectivity index (χ1v) is 9.91. The maximum atomic E-state index is 11.9. The van der Waals surface area contributed by atoms with Gasteiger partial charge in [0.2, 0.25) is 5.89 Å². The normalized spacial score (nSPS) is 11.7. The number of alkyl carbamates (subject to hydrolysis) is 1. The summed E-state index contributed by atoms with van der Waals surface area (Å²) >= 11 is 0. The summed E-state index contributed by atoms with van der Waals surface area (Å²) in [6, 6.07) is 10.2. The molecular formula is C23H23N3O5. The van der Waals surface area contributed by atoms with Gasteiger partial charge >= 0.3 is 12.1 Å². The Labute approximate surface area is 178 Å². The van der Waals surface area contributed by atoms with E-state index in [0.29, 0.717) is 35.5 Å². The third-order valence-electron chi connectivity index (χ3n) is 4.73. The predicted octanol–water partition coefficient (Wildman–Crippen LogP) is 4.74. The predicted molar refractivity (Wildman–Crippen MR) is 116 cm³/mol. The molecule has 2 heterocycles. The second kappa shape index (κ2) is 7.79. The molecule has 2 aromatic carbocycles. The van der Waals surface area contributed by atoms with Crippen molar-refractivity contribution in [2.45, 2.75) is 32.8 Å². The molecular weight excluding hydrogens is 398 g/mol. The average molecular weight is 421 g/mol. The van der Waals surface area contributed by atoms with Crippen LogP contribution in [0.2, 0.25) is 0 Å². The van der Waals surface area contributed by atoms with Crippen molar-refractivity contribution in [1.29, 1.82) is 0 Å². The van der Waals surface area contributed by atoms with Crippen LogP contribution in [-0.2, 0) is 11.2 Å². The lowest BCUT2D eigenvalue weighted by Gasteiger charge is -2.19. The summed E-state index contributed by atoms with van der Waals surface area (Å²) in [5.41, 5.74) is 3.61. The quantitative estimate of drug-likeness (QED) is 0.428. The smallest absolute Gasteiger partial charge is 0.407 e. The van der Waals surface area contributed by atoms with Crippen molar-refractivity contribution in [3.8, 4) is 11.5 Å². The van der Waals surface area contributed by atoms with Gasteiger partial charge in [0.1, 0.15) is 11.1 Å².